The van der Waals surface area contributed by atoms with Crippen LogP contribution in [-0.4, -0.2) is 32.9 Å². The molecule has 7 nitrogen and oxygen atoms in total. The highest BCUT2D eigenvalue weighted by Crippen LogP contribution is 2.33. The molecular formula is C19H17BrN4O3. The molecule has 138 valence electrons. The first-order valence-corrected chi connectivity index (χ1v) is 9.32. The van der Waals surface area contributed by atoms with E-state index in [0.717, 1.165) is 21.2 Å². The molecule has 1 aromatic carbocycles. The summed E-state index contributed by atoms with van der Waals surface area (Å²) in [6.45, 7) is 3.19. The number of esters is 1. The number of fused-ring (bicyclic) bond motifs is 2. The van der Waals surface area contributed by atoms with Gasteiger partial charge >= 0.3 is 5.97 Å². The van der Waals surface area contributed by atoms with E-state index in [2.05, 4.69) is 30.9 Å². The van der Waals surface area contributed by atoms with E-state index >= 15 is 0 Å². The number of hydrogen-bond acceptors (Lipinski definition) is 5. The maximum absolute atomic E-state index is 12.8. The van der Waals surface area contributed by atoms with Gasteiger partial charge in [-0.15, -0.1) is 0 Å². The summed E-state index contributed by atoms with van der Waals surface area (Å²) in [6, 6.07) is 8.70. The molecule has 1 amide bonds. The highest BCUT2D eigenvalue weighted by Gasteiger charge is 2.38. The standard InChI is InChI=1S/C19H17BrN4O3/c1-10(17-22-14-8-13(20)9-21-18(14)23-17)27-19(26)16-7-12-5-3-4-6-15(12)24(16)11(2)25/h3-6,8-10,16H,7H2,1-2H3,(H,21,22,23)/t10?,16-/m0/s1. The van der Waals surface area contributed by atoms with Crippen LogP contribution in [0.2, 0.25) is 0 Å². The Bertz CT molecular complexity index is 1050. The molecule has 1 aliphatic heterocycles. The molecule has 1 aliphatic rings. The number of pyridine rings is 1. The Morgan fingerprint density at radius 2 is 2.15 bits per heavy atom. The highest BCUT2D eigenvalue weighted by atomic mass is 79.9. The van der Waals surface area contributed by atoms with Crippen LogP contribution >= 0.6 is 15.9 Å². The molecule has 27 heavy (non-hydrogen) atoms. The number of amides is 1. The zero-order chi connectivity index (χ0) is 19.1. The molecule has 0 aliphatic carbocycles. The number of rotatable bonds is 3. The number of benzene rings is 1. The van der Waals surface area contributed by atoms with Gasteiger partial charge in [-0.2, -0.15) is 0 Å². The van der Waals surface area contributed by atoms with Gasteiger partial charge in [0.2, 0.25) is 5.91 Å². The molecule has 2 atom stereocenters. The number of carbonyl (C=O) groups is 2. The van der Waals surface area contributed by atoms with Crippen molar-refractivity contribution in [2.45, 2.75) is 32.4 Å². The van der Waals surface area contributed by atoms with Crippen LogP contribution in [0, 0.1) is 0 Å². The Labute approximate surface area is 163 Å². The number of halogens is 1. The number of aromatic nitrogens is 3. The Morgan fingerprint density at radius 3 is 2.93 bits per heavy atom. The zero-order valence-corrected chi connectivity index (χ0v) is 16.4. The summed E-state index contributed by atoms with van der Waals surface area (Å²) in [6.07, 6.45) is 1.50. The van der Waals surface area contributed by atoms with Crippen LogP contribution in [0.4, 0.5) is 5.69 Å². The lowest BCUT2D eigenvalue weighted by molar-refractivity contribution is -0.151. The van der Waals surface area contributed by atoms with Crippen LogP contribution in [0.5, 0.6) is 0 Å². The van der Waals surface area contributed by atoms with Gasteiger partial charge in [-0.3, -0.25) is 9.69 Å². The maximum atomic E-state index is 12.8. The number of anilines is 1. The number of ether oxygens (including phenoxy) is 1. The van der Waals surface area contributed by atoms with E-state index in [-0.39, 0.29) is 5.91 Å². The number of para-hydroxylation sites is 1. The van der Waals surface area contributed by atoms with Gasteiger partial charge in [0.1, 0.15) is 11.9 Å². The van der Waals surface area contributed by atoms with Crippen molar-refractivity contribution in [3.8, 4) is 0 Å². The second kappa shape index (κ2) is 6.77. The van der Waals surface area contributed by atoms with E-state index in [1.807, 2.05) is 30.3 Å². The predicted octanol–water partition coefficient (Wildman–Crippen LogP) is 3.30. The van der Waals surface area contributed by atoms with Crippen molar-refractivity contribution in [1.29, 1.82) is 0 Å². The monoisotopic (exact) mass is 428 g/mol. The van der Waals surface area contributed by atoms with Gasteiger partial charge in [0.05, 0.1) is 5.52 Å². The van der Waals surface area contributed by atoms with Crippen molar-refractivity contribution in [3.05, 3.63) is 52.4 Å². The predicted molar refractivity (Wildman–Crippen MR) is 103 cm³/mol. The number of nitrogens with zero attached hydrogens (tertiary/aromatic N) is 3. The molecule has 8 heteroatoms. The summed E-state index contributed by atoms with van der Waals surface area (Å²) in [7, 11) is 0. The van der Waals surface area contributed by atoms with E-state index in [9.17, 15) is 9.59 Å². The molecule has 4 rings (SSSR count). The molecule has 0 radical (unpaired) electrons. The average molecular weight is 429 g/mol. The number of H-pyrrole nitrogens is 1. The van der Waals surface area contributed by atoms with E-state index in [1.54, 1.807) is 13.1 Å². The van der Waals surface area contributed by atoms with Crippen LogP contribution in [-0.2, 0) is 20.7 Å². The maximum Gasteiger partial charge on any atom is 0.330 e. The number of nitrogens with one attached hydrogen (secondary N) is 1. The Hall–Kier alpha value is -2.74. The van der Waals surface area contributed by atoms with E-state index < -0.39 is 18.1 Å². The second-order valence-electron chi connectivity index (χ2n) is 6.46. The lowest BCUT2D eigenvalue weighted by atomic mass is 10.1. The number of imidazole rings is 1. The number of hydrogen-bond donors (Lipinski definition) is 1. The fraction of sp³-hybridized carbons (Fsp3) is 0.263. The van der Waals surface area contributed by atoms with Gasteiger partial charge in [0, 0.05) is 29.7 Å². The smallest absolute Gasteiger partial charge is 0.330 e. The lowest BCUT2D eigenvalue weighted by Crippen LogP contribution is -2.43. The third kappa shape index (κ3) is 3.21. The van der Waals surface area contributed by atoms with Gasteiger partial charge in [0.15, 0.2) is 11.8 Å². The molecule has 0 bridgehead atoms. The third-order valence-electron chi connectivity index (χ3n) is 4.59. The van der Waals surface area contributed by atoms with Crippen LogP contribution in [0.1, 0.15) is 31.3 Å². The molecular weight excluding hydrogens is 412 g/mol. The SMILES string of the molecule is CC(=O)N1c2ccccc2C[C@H]1C(=O)OC(C)c1nc2ncc(Br)cc2[nH]1. The zero-order valence-electron chi connectivity index (χ0n) is 14.8. The molecule has 0 saturated heterocycles. The van der Waals surface area contributed by atoms with Crippen molar-refractivity contribution >= 4 is 44.7 Å². The first kappa shape index (κ1) is 17.7. The normalized spacial score (nSPS) is 17.0. The second-order valence-corrected chi connectivity index (χ2v) is 7.38. The largest absolute Gasteiger partial charge is 0.453 e. The van der Waals surface area contributed by atoms with Crippen LogP contribution in [0.25, 0.3) is 11.2 Å². The molecule has 2 aromatic heterocycles. The molecule has 1 N–H and O–H groups in total. The van der Waals surface area contributed by atoms with Crippen molar-refractivity contribution < 1.29 is 14.3 Å². The topological polar surface area (TPSA) is 88.2 Å². The van der Waals surface area contributed by atoms with Crippen molar-refractivity contribution in [2.75, 3.05) is 4.90 Å². The summed E-state index contributed by atoms with van der Waals surface area (Å²) >= 11 is 3.36. The third-order valence-corrected chi connectivity index (χ3v) is 5.02. The summed E-state index contributed by atoms with van der Waals surface area (Å²) in [5.41, 5.74) is 3.02. The summed E-state index contributed by atoms with van der Waals surface area (Å²) < 4.78 is 6.46. The summed E-state index contributed by atoms with van der Waals surface area (Å²) in [5.74, 6) is -0.135. The van der Waals surface area contributed by atoms with Crippen LogP contribution < -0.4 is 4.90 Å². The van der Waals surface area contributed by atoms with Gasteiger partial charge in [-0.05, 0) is 40.5 Å². The van der Waals surface area contributed by atoms with E-state index in [0.29, 0.717) is 17.9 Å². The van der Waals surface area contributed by atoms with Gasteiger partial charge in [-0.25, -0.2) is 14.8 Å². The van der Waals surface area contributed by atoms with E-state index in [1.165, 1.54) is 11.8 Å². The average Bonchev–Trinajstić information content (AvgIpc) is 3.22. The summed E-state index contributed by atoms with van der Waals surface area (Å²) in [5, 5.41) is 0. The minimum absolute atomic E-state index is 0.188. The van der Waals surface area contributed by atoms with Crippen molar-refractivity contribution in [1.82, 2.24) is 15.0 Å². The fourth-order valence-electron chi connectivity index (χ4n) is 3.36. The number of carbonyl (C=O) groups excluding carboxylic acids is 2. The van der Waals surface area contributed by atoms with Crippen molar-refractivity contribution in [3.63, 3.8) is 0 Å². The van der Waals surface area contributed by atoms with Crippen LogP contribution in [0.3, 0.4) is 0 Å². The first-order chi connectivity index (χ1) is 12.9. The minimum atomic E-state index is -0.668. The molecule has 1 unspecified atom stereocenters. The van der Waals surface area contributed by atoms with Crippen molar-refractivity contribution in [2.24, 2.45) is 0 Å². The lowest BCUT2D eigenvalue weighted by Gasteiger charge is -2.24. The van der Waals surface area contributed by atoms with Gasteiger partial charge in [-0.1, -0.05) is 18.2 Å². The van der Waals surface area contributed by atoms with Gasteiger partial charge < -0.3 is 9.72 Å². The molecule has 3 heterocycles. The molecule has 0 spiro atoms. The Balaban J connectivity index is 1.55. The van der Waals surface area contributed by atoms with Gasteiger partial charge in [0.25, 0.3) is 0 Å². The molecule has 0 fully saturated rings. The Morgan fingerprint density at radius 1 is 1.37 bits per heavy atom. The number of aromatic amines is 1. The van der Waals surface area contributed by atoms with E-state index in [4.69, 9.17) is 4.74 Å². The Kier molecular flexibility index (Phi) is 4.43. The quantitative estimate of drug-likeness (QED) is 0.646. The van der Waals surface area contributed by atoms with Crippen LogP contribution in [0.15, 0.2) is 41.0 Å². The molecule has 3 aromatic rings. The minimum Gasteiger partial charge on any atom is -0.453 e. The fourth-order valence-corrected chi connectivity index (χ4v) is 3.69. The summed E-state index contributed by atoms with van der Waals surface area (Å²) in [4.78, 5) is 38.1. The first-order valence-electron chi connectivity index (χ1n) is 8.53. The highest BCUT2D eigenvalue weighted by molar-refractivity contribution is 9.10. The molecule has 0 saturated carbocycles.